The first kappa shape index (κ1) is 15.5. The van der Waals surface area contributed by atoms with Crippen molar-refractivity contribution in [1.82, 2.24) is 0 Å². The van der Waals surface area contributed by atoms with Crippen molar-refractivity contribution in [3.05, 3.63) is 0 Å². The minimum Gasteiger partial charge on any atom is -0.167 e. The largest absolute Gasteiger partial charge is 0.167 e. The van der Waals surface area contributed by atoms with Crippen LogP contribution in [-0.2, 0) is 0 Å². The lowest BCUT2D eigenvalue weighted by Gasteiger charge is -2.18. The molecule has 0 aliphatic rings. The van der Waals surface area contributed by atoms with Gasteiger partial charge in [0.15, 0.2) is 7.38 Å². The molecule has 0 unspecified atom stereocenters. The molecule has 0 nitrogen and oxygen atoms in total. The second-order valence-corrected chi connectivity index (χ2v) is 11.6. The number of hydrogen-bond donors (Lipinski definition) is 0. The average Bonchev–Trinajstić information content (AvgIpc) is 2.20. The third kappa shape index (κ3) is 10.8. The first-order valence-electron chi connectivity index (χ1n) is 6.81. The molecule has 15 heavy (non-hydrogen) atoms. The Morgan fingerprint density at radius 1 is 0.733 bits per heavy atom. The lowest BCUT2D eigenvalue weighted by molar-refractivity contribution is 0.684. The fourth-order valence-electron chi connectivity index (χ4n) is 1.97. The Labute approximate surface area is 103 Å². The lowest BCUT2D eigenvalue weighted by atomic mass is 10.2. The maximum atomic E-state index is 6.63. The highest BCUT2D eigenvalue weighted by Gasteiger charge is 2.22. The summed E-state index contributed by atoms with van der Waals surface area (Å²) >= 11 is 6.63. The fraction of sp³-hybridized carbons (Fsp3) is 1.00. The minimum absolute atomic E-state index is 1.33. The molecule has 2 heteroatoms. The summed E-state index contributed by atoms with van der Waals surface area (Å²) < 4.78 is 0. The van der Waals surface area contributed by atoms with Crippen molar-refractivity contribution >= 4 is 18.5 Å². The molecule has 92 valence electrons. The van der Waals surface area contributed by atoms with Crippen LogP contribution in [0.25, 0.3) is 0 Å². The van der Waals surface area contributed by atoms with Gasteiger partial charge in [0.2, 0.25) is 0 Å². The van der Waals surface area contributed by atoms with Crippen LogP contribution >= 0.6 is 11.1 Å². The van der Waals surface area contributed by atoms with Crippen molar-refractivity contribution in [3.63, 3.8) is 0 Å². The van der Waals surface area contributed by atoms with E-state index in [1.54, 1.807) is 0 Å². The van der Waals surface area contributed by atoms with Crippen LogP contribution in [0, 0.1) is 0 Å². The zero-order valence-corrected chi connectivity index (χ0v) is 12.7. The molecule has 0 bridgehead atoms. The molecular weight excluding hydrogens is 220 g/mol. The van der Waals surface area contributed by atoms with E-state index in [4.69, 9.17) is 11.1 Å². The van der Waals surface area contributed by atoms with E-state index in [9.17, 15) is 0 Å². The summed E-state index contributed by atoms with van der Waals surface area (Å²) in [7, 11) is -1.33. The summed E-state index contributed by atoms with van der Waals surface area (Å²) in [6.07, 6.45) is 11.0. The normalized spacial score (nSPS) is 12.0. The lowest BCUT2D eigenvalue weighted by Crippen LogP contribution is -2.21. The highest BCUT2D eigenvalue weighted by Crippen LogP contribution is 2.26. The second kappa shape index (κ2) is 9.71. The van der Waals surface area contributed by atoms with Crippen LogP contribution in [0.1, 0.15) is 65.2 Å². The van der Waals surface area contributed by atoms with Gasteiger partial charge in [-0.1, -0.05) is 71.8 Å². The van der Waals surface area contributed by atoms with Gasteiger partial charge in [-0.3, -0.25) is 0 Å². The Balaban J connectivity index is 3.40. The van der Waals surface area contributed by atoms with E-state index in [2.05, 4.69) is 20.4 Å². The molecule has 0 spiro atoms. The van der Waals surface area contributed by atoms with Crippen molar-refractivity contribution < 1.29 is 0 Å². The van der Waals surface area contributed by atoms with Gasteiger partial charge in [-0.2, -0.15) is 11.1 Å². The molecule has 0 amide bonds. The average molecular weight is 249 g/mol. The SMILES string of the molecule is CCCCCC[Si](C)(Cl)CCCCCC. The van der Waals surface area contributed by atoms with Crippen molar-refractivity contribution in [2.24, 2.45) is 0 Å². The van der Waals surface area contributed by atoms with Crippen LogP contribution in [0.3, 0.4) is 0 Å². The van der Waals surface area contributed by atoms with Gasteiger partial charge < -0.3 is 0 Å². The zero-order chi connectivity index (χ0) is 11.6. The summed E-state index contributed by atoms with van der Waals surface area (Å²) in [5, 5.41) is 0. The molecule has 0 fully saturated rings. The van der Waals surface area contributed by atoms with Gasteiger partial charge in [0.25, 0.3) is 0 Å². The summed E-state index contributed by atoms with van der Waals surface area (Å²) in [5.41, 5.74) is 0. The maximum absolute atomic E-state index is 6.63. The second-order valence-electron chi connectivity index (χ2n) is 5.03. The van der Waals surface area contributed by atoms with Gasteiger partial charge in [0, 0.05) is 0 Å². The molecule has 0 aromatic rings. The van der Waals surface area contributed by atoms with Crippen LogP contribution in [0.2, 0.25) is 18.6 Å². The molecule has 0 aromatic heterocycles. The predicted molar refractivity (Wildman–Crippen MR) is 75.4 cm³/mol. The third-order valence-electron chi connectivity index (χ3n) is 3.10. The van der Waals surface area contributed by atoms with E-state index in [0.717, 1.165) is 0 Å². The smallest absolute Gasteiger partial charge is 0.153 e. The number of rotatable bonds is 10. The molecule has 0 radical (unpaired) electrons. The van der Waals surface area contributed by atoms with Gasteiger partial charge in [0.05, 0.1) is 0 Å². The first-order chi connectivity index (χ1) is 7.12. The third-order valence-corrected chi connectivity index (χ3v) is 7.03. The van der Waals surface area contributed by atoms with Crippen LogP contribution in [0.5, 0.6) is 0 Å². The monoisotopic (exact) mass is 248 g/mol. The molecule has 0 atom stereocenters. The van der Waals surface area contributed by atoms with Gasteiger partial charge >= 0.3 is 0 Å². The Morgan fingerprint density at radius 3 is 1.47 bits per heavy atom. The zero-order valence-electron chi connectivity index (χ0n) is 10.9. The highest BCUT2D eigenvalue weighted by atomic mass is 35.6. The number of hydrogen-bond acceptors (Lipinski definition) is 0. The molecular formula is C13H29ClSi. The van der Waals surface area contributed by atoms with E-state index in [-0.39, 0.29) is 0 Å². The first-order valence-corrected chi connectivity index (χ1v) is 10.7. The Morgan fingerprint density at radius 2 is 1.13 bits per heavy atom. The fourth-order valence-corrected chi connectivity index (χ4v) is 4.99. The molecule has 0 rings (SSSR count). The standard InChI is InChI=1S/C13H29ClSi/c1-4-6-8-10-12-15(3,14)13-11-9-7-5-2/h4-13H2,1-3H3. The molecule has 0 saturated heterocycles. The summed E-state index contributed by atoms with van der Waals surface area (Å²) in [6.45, 7) is 6.89. The summed E-state index contributed by atoms with van der Waals surface area (Å²) in [5.74, 6) is 0. The predicted octanol–water partition coefficient (Wildman–Crippen LogP) is 5.96. The Kier molecular flexibility index (Phi) is 10.0. The number of halogens is 1. The number of unbranched alkanes of at least 4 members (excludes halogenated alkanes) is 6. The van der Waals surface area contributed by atoms with Gasteiger partial charge in [-0.25, -0.2) is 0 Å². The molecule has 0 aliphatic heterocycles. The van der Waals surface area contributed by atoms with E-state index in [0.29, 0.717) is 0 Å². The van der Waals surface area contributed by atoms with Crippen LogP contribution in [-0.4, -0.2) is 7.38 Å². The van der Waals surface area contributed by atoms with Crippen molar-refractivity contribution in [1.29, 1.82) is 0 Å². The van der Waals surface area contributed by atoms with Crippen LogP contribution in [0.4, 0.5) is 0 Å². The van der Waals surface area contributed by atoms with Crippen LogP contribution < -0.4 is 0 Å². The molecule has 0 N–H and O–H groups in total. The van der Waals surface area contributed by atoms with Gasteiger partial charge in [-0.15, -0.1) is 0 Å². The van der Waals surface area contributed by atoms with E-state index < -0.39 is 7.38 Å². The topological polar surface area (TPSA) is 0 Å². The molecule has 0 heterocycles. The Bertz CT molecular complexity index is 120. The molecule has 0 saturated carbocycles. The van der Waals surface area contributed by atoms with Crippen molar-refractivity contribution in [3.8, 4) is 0 Å². The summed E-state index contributed by atoms with van der Waals surface area (Å²) in [4.78, 5) is 0. The maximum Gasteiger partial charge on any atom is 0.153 e. The Hall–Kier alpha value is 0.507. The molecule has 0 aliphatic carbocycles. The molecule has 0 aromatic carbocycles. The van der Waals surface area contributed by atoms with E-state index >= 15 is 0 Å². The van der Waals surface area contributed by atoms with Crippen molar-refractivity contribution in [2.75, 3.05) is 0 Å². The van der Waals surface area contributed by atoms with E-state index in [1.807, 2.05) is 0 Å². The quantitative estimate of drug-likeness (QED) is 0.254. The van der Waals surface area contributed by atoms with Gasteiger partial charge in [0.1, 0.15) is 0 Å². The highest BCUT2D eigenvalue weighted by molar-refractivity contribution is 7.19. The van der Waals surface area contributed by atoms with E-state index in [1.165, 1.54) is 63.5 Å². The summed E-state index contributed by atoms with van der Waals surface area (Å²) in [6, 6.07) is 2.67. The van der Waals surface area contributed by atoms with Crippen molar-refractivity contribution in [2.45, 2.75) is 83.8 Å². The minimum atomic E-state index is -1.33. The van der Waals surface area contributed by atoms with Gasteiger partial charge in [-0.05, 0) is 12.1 Å². The van der Waals surface area contributed by atoms with Crippen LogP contribution in [0.15, 0.2) is 0 Å².